The van der Waals surface area contributed by atoms with E-state index in [9.17, 15) is 13.2 Å². The van der Waals surface area contributed by atoms with Gasteiger partial charge in [0.2, 0.25) is 0 Å². The summed E-state index contributed by atoms with van der Waals surface area (Å²) in [6.45, 7) is 2.62. The van der Waals surface area contributed by atoms with E-state index in [1.807, 2.05) is 6.92 Å². The Hall–Kier alpha value is -1.10. The predicted octanol–water partition coefficient (Wildman–Crippen LogP) is 2.31. The van der Waals surface area contributed by atoms with Gasteiger partial charge in [-0.3, -0.25) is 4.98 Å². The van der Waals surface area contributed by atoms with E-state index in [4.69, 9.17) is 0 Å². The highest BCUT2D eigenvalue weighted by molar-refractivity contribution is 5.31. The molecule has 1 N–H and O–H groups in total. The number of nitrogens with one attached hydrogen (secondary N) is 1. The number of aromatic nitrogens is 1. The van der Waals surface area contributed by atoms with Crippen LogP contribution in [0.1, 0.15) is 29.8 Å². The maximum Gasteiger partial charge on any atom is 0.417 e. The van der Waals surface area contributed by atoms with Gasteiger partial charge in [-0.15, -0.1) is 0 Å². The molecule has 1 aromatic heterocycles. The van der Waals surface area contributed by atoms with Gasteiger partial charge in [0.25, 0.3) is 0 Å². The summed E-state index contributed by atoms with van der Waals surface area (Å²) in [6, 6.07) is 1.14. The van der Waals surface area contributed by atoms with Crippen LogP contribution in [0.15, 0.2) is 12.3 Å². The molecule has 0 spiro atoms. The minimum Gasteiger partial charge on any atom is -0.310 e. The molecule has 5 heteroatoms. The molecular weight excluding hydrogens is 205 g/mol. The summed E-state index contributed by atoms with van der Waals surface area (Å²) < 4.78 is 37.3. The summed E-state index contributed by atoms with van der Waals surface area (Å²) in [5.41, 5.74) is 0.766. The summed E-state index contributed by atoms with van der Waals surface area (Å²) in [7, 11) is 0. The van der Waals surface area contributed by atoms with E-state index in [0.717, 1.165) is 18.4 Å². The van der Waals surface area contributed by atoms with Crippen molar-refractivity contribution in [2.45, 2.75) is 25.6 Å². The smallest absolute Gasteiger partial charge is 0.310 e. The molecule has 2 nitrogen and oxygen atoms in total. The number of pyridine rings is 1. The number of fused-ring (bicyclic) bond motifs is 1. The largest absolute Gasteiger partial charge is 0.417 e. The zero-order chi connectivity index (χ0) is 11.1. The molecule has 0 aromatic carbocycles. The van der Waals surface area contributed by atoms with Crippen molar-refractivity contribution in [3.63, 3.8) is 0 Å². The summed E-state index contributed by atoms with van der Waals surface area (Å²) in [5, 5.41) is 3.11. The lowest BCUT2D eigenvalue weighted by Crippen LogP contribution is -2.29. The highest BCUT2D eigenvalue weighted by Crippen LogP contribution is 2.32. The van der Waals surface area contributed by atoms with Crippen molar-refractivity contribution in [2.24, 2.45) is 0 Å². The average Bonchev–Trinajstić information content (AvgIpc) is 2.16. The van der Waals surface area contributed by atoms with E-state index in [0.29, 0.717) is 12.0 Å². The zero-order valence-corrected chi connectivity index (χ0v) is 8.23. The maximum atomic E-state index is 12.4. The SMILES string of the molecule is CC1NCCc2ncc(C(F)(F)F)cc21. The van der Waals surface area contributed by atoms with Gasteiger partial charge >= 0.3 is 6.18 Å². The lowest BCUT2D eigenvalue weighted by atomic mass is 9.99. The summed E-state index contributed by atoms with van der Waals surface area (Å²) in [5.74, 6) is 0. The molecule has 0 bridgehead atoms. The van der Waals surface area contributed by atoms with Gasteiger partial charge in [-0.2, -0.15) is 13.2 Å². The molecule has 0 aliphatic carbocycles. The van der Waals surface area contributed by atoms with Crippen LogP contribution in [0.4, 0.5) is 13.2 Å². The van der Waals surface area contributed by atoms with Crippen molar-refractivity contribution in [3.8, 4) is 0 Å². The first-order chi connectivity index (χ1) is 6.98. The van der Waals surface area contributed by atoms with Crippen LogP contribution in [-0.4, -0.2) is 11.5 Å². The number of rotatable bonds is 0. The molecule has 2 rings (SSSR count). The second-order valence-electron chi connectivity index (χ2n) is 3.68. The van der Waals surface area contributed by atoms with E-state index in [1.165, 1.54) is 6.07 Å². The van der Waals surface area contributed by atoms with Crippen LogP contribution in [0.3, 0.4) is 0 Å². The van der Waals surface area contributed by atoms with Gasteiger partial charge in [-0.05, 0) is 18.6 Å². The van der Waals surface area contributed by atoms with Gasteiger partial charge in [-0.1, -0.05) is 0 Å². The lowest BCUT2D eigenvalue weighted by molar-refractivity contribution is -0.137. The highest BCUT2D eigenvalue weighted by Gasteiger charge is 2.32. The number of hydrogen-bond donors (Lipinski definition) is 1. The van der Waals surface area contributed by atoms with E-state index < -0.39 is 11.7 Å². The molecule has 1 aliphatic rings. The van der Waals surface area contributed by atoms with Gasteiger partial charge in [0, 0.05) is 30.9 Å². The molecule has 0 radical (unpaired) electrons. The van der Waals surface area contributed by atoms with E-state index in [1.54, 1.807) is 0 Å². The molecule has 1 aliphatic heterocycles. The second kappa shape index (κ2) is 3.48. The monoisotopic (exact) mass is 216 g/mol. The van der Waals surface area contributed by atoms with Crippen LogP contribution in [0.25, 0.3) is 0 Å². The fourth-order valence-electron chi connectivity index (χ4n) is 1.77. The van der Waals surface area contributed by atoms with E-state index >= 15 is 0 Å². The van der Waals surface area contributed by atoms with Crippen LogP contribution < -0.4 is 5.32 Å². The maximum absolute atomic E-state index is 12.4. The third kappa shape index (κ3) is 1.97. The van der Waals surface area contributed by atoms with E-state index in [2.05, 4.69) is 10.3 Å². The topological polar surface area (TPSA) is 24.9 Å². The number of halogens is 3. The molecule has 1 aromatic rings. The Labute approximate surface area is 85.5 Å². The van der Waals surface area contributed by atoms with Crippen LogP contribution in [-0.2, 0) is 12.6 Å². The van der Waals surface area contributed by atoms with Crippen molar-refractivity contribution in [1.29, 1.82) is 0 Å². The van der Waals surface area contributed by atoms with Crippen molar-refractivity contribution >= 4 is 0 Å². The van der Waals surface area contributed by atoms with Gasteiger partial charge in [0.05, 0.1) is 5.56 Å². The lowest BCUT2D eigenvalue weighted by Gasteiger charge is -2.23. The third-order valence-electron chi connectivity index (χ3n) is 2.61. The molecule has 15 heavy (non-hydrogen) atoms. The van der Waals surface area contributed by atoms with Crippen molar-refractivity contribution < 1.29 is 13.2 Å². The molecule has 82 valence electrons. The normalized spacial score (nSPS) is 21.2. The Morgan fingerprint density at radius 2 is 2.20 bits per heavy atom. The summed E-state index contributed by atoms with van der Waals surface area (Å²) in [4.78, 5) is 3.88. The standard InChI is InChI=1S/C10H11F3N2/c1-6-8-4-7(10(11,12)13)5-15-9(8)2-3-14-6/h4-6,14H,2-3H2,1H3. The fraction of sp³-hybridized carbons (Fsp3) is 0.500. The first-order valence-electron chi connectivity index (χ1n) is 4.78. The molecule has 0 saturated carbocycles. The molecule has 0 saturated heterocycles. The molecule has 1 unspecified atom stereocenters. The van der Waals surface area contributed by atoms with Gasteiger partial charge in [0.1, 0.15) is 0 Å². The second-order valence-corrected chi connectivity index (χ2v) is 3.68. The van der Waals surface area contributed by atoms with Crippen LogP contribution in [0.2, 0.25) is 0 Å². The van der Waals surface area contributed by atoms with E-state index in [-0.39, 0.29) is 6.04 Å². The fourth-order valence-corrected chi connectivity index (χ4v) is 1.77. The van der Waals surface area contributed by atoms with Crippen LogP contribution in [0.5, 0.6) is 0 Å². The molecule has 1 atom stereocenters. The van der Waals surface area contributed by atoms with Crippen LogP contribution in [0, 0.1) is 0 Å². The van der Waals surface area contributed by atoms with Crippen molar-refractivity contribution in [3.05, 3.63) is 29.1 Å². The minimum absolute atomic E-state index is 0.0523. The number of hydrogen-bond acceptors (Lipinski definition) is 2. The third-order valence-corrected chi connectivity index (χ3v) is 2.61. The quantitative estimate of drug-likeness (QED) is 0.719. The first-order valence-corrected chi connectivity index (χ1v) is 4.78. The molecule has 0 amide bonds. The van der Waals surface area contributed by atoms with Gasteiger partial charge in [0.15, 0.2) is 0 Å². The Bertz CT molecular complexity index is 373. The number of nitrogens with zero attached hydrogens (tertiary/aromatic N) is 1. The Morgan fingerprint density at radius 3 is 2.87 bits per heavy atom. The minimum atomic E-state index is -4.31. The molecular formula is C10H11F3N2. The molecule has 0 fully saturated rings. The Balaban J connectivity index is 2.44. The van der Waals surface area contributed by atoms with Crippen molar-refractivity contribution in [1.82, 2.24) is 10.3 Å². The summed E-state index contributed by atoms with van der Waals surface area (Å²) in [6.07, 6.45) is -2.70. The molecule has 2 heterocycles. The summed E-state index contributed by atoms with van der Waals surface area (Å²) >= 11 is 0. The number of alkyl halides is 3. The zero-order valence-electron chi connectivity index (χ0n) is 8.23. The van der Waals surface area contributed by atoms with Gasteiger partial charge in [-0.25, -0.2) is 0 Å². The van der Waals surface area contributed by atoms with Crippen LogP contribution >= 0.6 is 0 Å². The average molecular weight is 216 g/mol. The first kappa shape index (κ1) is 10.4. The Kier molecular flexibility index (Phi) is 2.42. The van der Waals surface area contributed by atoms with Gasteiger partial charge < -0.3 is 5.32 Å². The Morgan fingerprint density at radius 1 is 1.47 bits per heavy atom. The predicted molar refractivity (Wildman–Crippen MR) is 49.4 cm³/mol. The highest BCUT2D eigenvalue weighted by atomic mass is 19.4. The van der Waals surface area contributed by atoms with Crippen molar-refractivity contribution in [2.75, 3.05) is 6.54 Å².